The molecule has 1 heterocycles. The van der Waals surface area contributed by atoms with E-state index in [2.05, 4.69) is 11.2 Å². The zero-order valence-electron chi connectivity index (χ0n) is 7.30. The summed E-state index contributed by atoms with van der Waals surface area (Å²) in [6, 6.07) is 3.73. The number of aromatic nitrogens is 1. The van der Waals surface area contributed by atoms with Gasteiger partial charge >= 0.3 is 0 Å². The van der Waals surface area contributed by atoms with Gasteiger partial charge in [-0.3, -0.25) is 0 Å². The Hall–Kier alpha value is -1.44. The number of aromatic amines is 1. The van der Waals surface area contributed by atoms with Crippen LogP contribution in [-0.2, 0) is 12.8 Å². The maximum Gasteiger partial charge on any atom is 0.119 e. The first-order valence-electron chi connectivity index (χ1n) is 4.67. The number of phenolic OH excluding ortho intramolecular Hbond substituents is 1. The van der Waals surface area contributed by atoms with Crippen molar-refractivity contribution in [1.82, 2.24) is 4.98 Å². The molecule has 0 bridgehead atoms. The third-order valence-corrected chi connectivity index (χ3v) is 2.88. The molecule has 0 aliphatic heterocycles. The lowest BCUT2D eigenvalue weighted by molar-refractivity contribution is 0.467. The summed E-state index contributed by atoms with van der Waals surface area (Å²) in [5.41, 5.74) is 3.63. The molecule has 1 aliphatic carbocycles. The average Bonchev–Trinajstić information content (AvgIpc) is 2.57. The maximum absolute atomic E-state index is 9.67. The molecule has 2 aromatic rings. The van der Waals surface area contributed by atoms with Crippen molar-refractivity contribution in [3.63, 3.8) is 0 Å². The van der Waals surface area contributed by atoms with Gasteiger partial charge in [-0.2, -0.15) is 0 Å². The minimum Gasteiger partial charge on any atom is -0.508 e. The van der Waals surface area contributed by atoms with Crippen LogP contribution >= 0.6 is 0 Å². The van der Waals surface area contributed by atoms with Gasteiger partial charge in [-0.05, 0) is 37.0 Å². The number of H-pyrrole nitrogens is 1. The van der Waals surface area contributed by atoms with E-state index in [1.54, 1.807) is 6.07 Å². The van der Waals surface area contributed by atoms with Crippen LogP contribution in [0.4, 0.5) is 0 Å². The Morgan fingerprint density at radius 1 is 1.23 bits per heavy atom. The van der Waals surface area contributed by atoms with Crippen molar-refractivity contribution in [3.05, 3.63) is 29.5 Å². The van der Waals surface area contributed by atoms with E-state index in [1.807, 2.05) is 6.07 Å². The number of hydrogen-bond acceptors (Lipinski definition) is 1. The van der Waals surface area contributed by atoms with Gasteiger partial charge in [0.15, 0.2) is 0 Å². The summed E-state index contributed by atoms with van der Waals surface area (Å²) < 4.78 is 0. The van der Waals surface area contributed by atoms with Crippen LogP contribution in [0.25, 0.3) is 10.9 Å². The zero-order chi connectivity index (χ0) is 8.84. The van der Waals surface area contributed by atoms with Crippen molar-refractivity contribution in [3.8, 4) is 5.75 Å². The second-order valence-corrected chi connectivity index (χ2v) is 3.65. The van der Waals surface area contributed by atoms with Gasteiger partial charge in [0.25, 0.3) is 0 Å². The Kier molecular flexibility index (Phi) is 1.23. The third kappa shape index (κ3) is 0.829. The first-order chi connectivity index (χ1) is 6.36. The predicted molar refractivity (Wildman–Crippen MR) is 52.0 cm³/mol. The molecule has 0 saturated heterocycles. The fourth-order valence-corrected chi connectivity index (χ4v) is 2.27. The lowest BCUT2D eigenvalue weighted by atomic mass is 9.92. The molecule has 1 aliphatic rings. The molecule has 13 heavy (non-hydrogen) atoms. The molecule has 0 fully saturated rings. The van der Waals surface area contributed by atoms with Gasteiger partial charge in [0.05, 0.1) is 0 Å². The van der Waals surface area contributed by atoms with Gasteiger partial charge in [0.1, 0.15) is 5.75 Å². The second kappa shape index (κ2) is 2.28. The number of hydrogen-bond donors (Lipinski definition) is 2. The fourth-order valence-electron chi connectivity index (χ4n) is 2.27. The fraction of sp³-hybridized carbons (Fsp3) is 0.273. The van der Waals surface area contributed by atoms with Gasteiger partial charge in [-0.1, -0.05) is 0 Å². The molecular weight excluding hydrogens is 162 g/mol. The summed E-state index contributed by atoms with van der Waals surface area (Å²) in [4.78, 5) is 3.24. The highest BCUT2D eigenvalue weighted by atomic mass is 16.3. The van der Waals surface area contributed by atoms with Crippen molar-refractivity contribution in [1.29, 1.82) is 0 Å². The standard InChI is InChI=1S/C11H11NO/c13-10-5-4-9-11-7(6-12-9)2-1-3-8(10)11/h4-6,12-13H,1-3H2. The summed E-state index contributed by atoms with van der Waals surface area (Å²) in [5.74, 6) is 0.452. The van der Waals surface area contributed by atoms with Crippen LogP contribution in [0.3, 0.4) is 0 Å². The SMILES string of the molecule is Oc1ccc2[nH]cc3c2c1CCC3. The molecular formula is C11H11NO. The van der Waals surface area contributed by atoms with E-state index in [-0.39, 0.29) is 0 Å². The normalized spacial score (nSPS) is 15.1. The number of rotatable bonds is 0. The van der Waals surface area contributed by atoms with E-state index in [9.17, 15) is 5.11 Å². The topological polar surface area (TPSA) is 36.0 Å². The van der Waals surface area contributed by atoms with Crippen molar-refractivity contribution < 1.29 is 5.11 Å². The van der Waals surface area contributed by atoms with E-state index in [0.717, 1.165) is 30.3 Å². The van der Waals surface area contributed by atoms with Crippen LogP contribution in [0.5, 0.6) is 5.75 Å². The number of nitrogens with one attached hydrogen (secondary N) is 1. The third-order valence-electron chi connectivity index (χ3n) is 2.88. The Labute approximate surface area is 76.2 Å². The first kappa shape index (κ1) is 7.01. The monoisotopic (exact) mass is 173 g/mol. The molecule has 0 radical (unpaired) electrons. The number of benzene rings is 1. The molecule has 0 unspecified atom stereocenters. The van der Waals surface area contributed by atoms with Crippen molar-refractivity contribution >= 4 is 10.9 Å². The summed E-state index contributed by atoms with van der Waals surface area (Å²) in [6.07, 6.45) is 5.36. The van der Waals surface area contributed by atoms with Crippen molar-refractivity contribution in [2.24, 2.45) is 0 Å². The Bertz CT molecular complexity index is 470. The highest BCUT2D eigenvalue weighted by Gasteiger charge is 2.16. The summed E-state index contributed by atoms with van der Waals surface area (Å²) in [6.45, 7) is 0. The summed E-state index contributed by atoms with van der Waals surface area (Å²) >= 11 is 0. The van der Waals surface area contributed by atoms with Crippen molar-refractivity contribution in [2.75, 3.05) is 0 Å². The molecule has 1 aromatic heterocycles. The quantitative estimate of drug-likeness (QED) is 0.630. The van der Waals surface area contributed by atoms with Crippen LogP contribution in [0.1, 0.15) is 17.5 Å². The number of phenols is 1. The Morgan fingerprint density at radius 2 is 2.15 bits per heavy atom. The van der Waals surface area contributed by atoms with Gasteiger partial charge in [-0.25, -0.2) is 0 Å². The molecule has 3 rings (SSSR count). The van der Waals surface area contributed by atoms with Crippen LogP contribution in [-0.4, -0.2) is 10.1 Å². The van der Waals surface area contributed by atoms with Gasteiger partial charge in [0.2, 0.25) is 0 Å². The maximum atomic E-state index is 9.67. The molecule has 0 spiro atoms. The smallest absolute Gasteiger partial charge is 0.119 e. The Balaban J connectivity index is 2.50. The van der Waals surface area contributed by atoms with E-state index in [1.165, 1.54) is 10.9 Å². The van der Waals surface area contributed by atoms with E-state index < -0.39 is 0 Å². The lowest BCUT2D eigenvalue weighted by Crippen LogP contribution is -1.98. The first-order valence-corrected chi connectivity index (χ1v) is 4.67. The minimum atomic E-state index is 0.452. The van der Waals surface area contributed by atoms with Crippen LogP contribution in [0.2, 0.25) is 0 Å². The molecule has 2 nitrogen and oxygen atoms in total. The van der Waals surface area contributed by atoms with Crippen molar-refractivity contribution in [2.45, 2.75) is 19.3 Å². The molecule has 0 amide bonds. The average molecular weight is 173 g/mol. The van der Waals surface area contributed by atoms with Crippen LogP contribution < -0.4 is 0 Å². The molecule has 66 valence electrons. The highest BCUT2D eigenvalue weighted by Crippen LogP contribution is 2.34. The Morgan fingerprint density at radius 3 is 3.08 bits per heavy atom. The molecule has 1 aromatic carbocycles. The number of aromatic hydroxyl groups is 1. The van der Waals surface area contributed by atoms with E-state index in [4.69, 9.17) is 0 Å². The lowest BCUT2D eigenvalue weighted by Gasteiger charge is -2.13. The molecule has 2 N–H and O–H groups in total. The summed E-state index contributed by atoms with van der Waals surface area (Å²) in [5, 5.41) is 10.9. The largest absolute Gasteiger partial charge is 0.508 e. The highest BCUT2D eigenvalue weighted by molar-refractivity contribution is 5.89. The van der Waals surface area contributed by atoms with Crippen LogP contribution in [0, 0.1) is 0 Å². The molecule has 0 atom stereocenters. The second-order valence-electron chi connectivity index (χ2n) is 3.65. The molecule has 2 heteroatoms. The van der Waals surface area contributed by atoms with Gasteiger partial charge < -0.3 is 10.1 Å². The van der Waals surface area contributed by atoms with Gasteiger partial charge in [-0.15, -0.1) is 0 Å². The minimum absolute atomic E-state index is 0.452. The number of aryl methyl sites for hydroxylation is 2. The van der Waals surface area contributed by atoms with Crippen LogP contribution in [0.15, 0.2) is 18.3 Å². The van der Waals surface area contributed by atoms with Gasteiger partial charge in [0, 0.05) is 22.7 Å². The predicted octanol–water partition coefficient (Wildman–Crippen LogP) is 2.36. The van der Waals surface area contributed by atoms with E-state index >= 15 is 0 Å². The molecule has 0 saturated carbocycles. The summed E-state index contributed by atoms with van der Waals surface area (Å²) in [7, 11) is 0. The zero-order valence-corrected chi connectivity index (χ0v) is 7.30. The van der Waals surface area contributed by atoms with E-state index in [0.29, 0.717) is 5.75 Å².